The maximum Gasteiger partial charge on any atom is 0.270 e. The van der Waals surface area contributed by atoms with E-state index in [0.717, 1.165) is 5.92 Å². The Morgan fingerprint density at radius 1 is 1.41 bits per heavy atom. The van der Waals surface area contributed by atoms with Crippen LogP contribution in [-0.4, -0.2) is 26.4 Å². The van der Waals surface area contributed by atoms with E-state index in [2.05, 4.69) is 10.3 Å². The molecule has 2 aromatic rings. The number of nitrogens with zero attached hydrogens (tertiary/aromatic N) is 3. The fourth-order valence-electron chi connectivity index (χ4n) is 4.84. The number of carbonyl (C=O) groups excluding carboxylic acids is 1. The Labute approximate surface area is 155 Å². The Morgan fingerprint density at radius 3 is 2.89 bits per heavy atom. The number of aromatic nitrogens is 2. The third-order valence-corrected chi connectivity index (χ3v) is 6.16. The van der Waals surface area contributed by atoms with Crippen molar-refractivity contribution in [2.75, 3.05) is 0 Å². The van der Waals surface area contributed by atoms with Crippen molar-refractivity contribution in [2.45, 2.75) is 45.2 Å². The highest BCUT2D eigenvalue weighted by Crippen LogP contribution is 2.49. The maximum absolute atomic E-state index is 12.6. The highest BCUT2D eigenvalue weighted by atomic mass is 16.6. The van der Waals surface area contributed by atoms with Crippen LogP contribution in [0.25, 0.3) is 10.9 Å². The first-order valence-corrected chi connectivity index (χ1v) is 9.35. The van der Waals surface area contributed by atoms with Gasteiger partial charge in [0.1, 0.15) is 6.54 Å². The van der Waals surface area contributed by atoms with E-state index in [-0.39, 0.29) is 29.6 Å². The lowest BCUT2D eigenvalue weighted by molar-refractivity contribution is -0.384. The molecule has 0 aliphatic heterocycles. The van der Waals surface area contributed by atoms with Crippen molar-refractivity contribution in [3.05, 3.63) is 45.0 Å². The first-order chi connectivity index (χ1) is 12.9. The number of amides is 1. The van der Waals surface area contributed by atoms with E-state index in [0.29, 0.717) is 17.4 Å². The molecule has 2 aliphatic rings. The number of non-ortho nitro benzene ring substituents is 1. The smallest absolute Gasteiger partial charge is 0.270 e. The van der Waals surface area contributed by atoms with Crippen LogP contribution in [0.15, 0.2) is 29.3 Å². The quantitative estimate of drug-likeness (QED) is 0.642. The molecule has 0 unspecified atom stereocenters. The first-order valence-electron chi connectivity index (χ1n) is 9.35. The number of nitro benzene ring substituents is 1. The number of hydrogen-bond acceptors (Lipinski definition) is 5. The topological polar surface area (TPSA) is 107 Å². The van der Waals surface area contributed by atoms with Crippen molar-refractivity contribution in [3.8, 4) is 0 Å². The number of nitrogens with one attached hydrogen (secondary N) is 1. The van der Waals surface area contributed by atoms with Gasteiger partial charge in [0.15, 0.2) is 0 Å². The summed E-state index contributed by atoms with van der Waals surface area (Å²) in [7, 11) is 0. The predicted molar refractivity (Wildman–Crippen MR) is 99.2 cm³/mol. The predicted octanol–water partition coefficient (Wildman–Crippen LogP) is 2.25. The molecule has 2 bridgehead atoms. The van der Waals surface area contributed by atoms with Gasteiger partial charge < -0.3 is 5.32 Å². The zero-order valence-electron chi connectivity index (χ0n) is 15.1. The molecule has 8 nitrogen and oxygen atoms in total. The number of nitro groups is 1. The van der Waals surface area contributed by atoms with Gasteiger partial charge in [-0.2, -0.15) is 0 Å². The summed E-state index contributed by atoms with van der Waals surface area (Å²) in [5.41, 5.74) is -0.252. The zero-order chi connectivity index (χ0) is 19.1. The van der Waals surface area contributed by atoms with Crippen LogP contribution in [0.5, 0.6) is 0 Å². The molecule has 1 aromatic heterocycles. The van der Waals surface area contributed by atoms with Gasteiger partial charge in [-0.3, -0.25) is 24.3 Å². The van der Waals surface area contributed by atoms with E-state index >= 15 is 0 Å². The molecule has 1 aromatic carbocycles. The molecule has 2 saturated carbocycles. The summed E-state index contributed by atoms with van der Waals surface area (Å²) in [5.74, 6) is 1.79. The summed E-state index contributed by atoms with van der Waals surface area (Å²) in [6.45, 7) is 1.89. The van der Waals surface area contributed by atoms with Crippen LogP contribution < -0.4 is 10.9 Å². The molecule has 0 saturated heterocycles. The third-order valence-electron chi connectivity index (χ3n) is 6.16. The molecule has 1 heterocycles. The van der Waals surface area contributed by atoms with Crippen molar-refractivity contribution in [2.24, 2.45) is 17.8 Å². The van der Waals surface area contributed by atoms with E-state index in [1.165, 1.54) is 54.8 Å². The van der Waals surface area contributed by atoms with Crippen LogP contribution in [0.2, 0.25) is 0 Å². The number of benzene rings is 1. The Morgan fingerprint density at radius 2 is 2.22 bits per heavy atom. The van der Waals surface area contributed by atoms with Crippen LogP contribution in [0.3, 0.4) is 0 Å². The largest absolute Gasteiger partial charge is 0.352 e. The summed E-state index contributed by atoms with van der Waals surface area (Å²) >= 11 is 0. The number of fused-ring (bicyclic) bond motifs is 3. The molecule has 8 heteroatoms. The monoisotopic (exact) mass is 370 g/mol. The second-order valence-electron chi connectivity index (χ2n) is 7.83. The fraction of sp³-hybridized carbons (Fsp3) is 0.526. The van der Waals surface area contributed by atoms with Crippen molar-refractivity contribution >= 4 is 22.5 Å². The Hall–Kier alpha value is -2.77. The maximum atomic E-state index is 12.6. The molecule has 0 radical (unpaired) electrons. The molecule has 142 valence electrons. The molecule has 1 N–H and O–H groups in total. The Kier molecular flexibility index (Phi) is 4.41. The highest BCUT2D eigenvalue weighted by molar-refractivity contribution is 5.81. The van der Waals surface area contributed by atoms with Gasteiger partial charge in [-0.15, -0.1) is 0 Å². The van der Waals surface area contributed by atoms with E-state index < -0.39 is 10.5 Å². The molecule has 4 atom stereocenters. The average Bonchev–Trinajstić information content (AvgIpc) is 3.27. The minimum absolute atomic E-state index is 0.0815. The van der Waals surface area contributed by atoms with Crippen LogP contribution in [-0.2, 0) is 11.3 Å². The van der Waals surface area contributed by atoms with Crippen LogP contribution >= 0.6 is 0 Å². The van der Waals surface area contributed by atoms with Gasteiger partial charge in [-0.1, -0.05) is 6.42 Å². The minimum atomic E-state index is -0.556. The van der Waals surface area contributed by atoms with Crippen molar-refractivity contribution < 1.29 is 9.72 Å². The molecular weight excluding hydrogens is 348 g/mol. The number of carbonyl (C=O) groups is 1. The molecular formula is C19H22N4O4. The van der Waals surface area contributed by atoms with Crippen LogP contribution in [0.4, 0.5) is 5.69 Å². The normalized spacial score (nSPS) is 24.9. The molecule has 27 heavy (non-hydrogen) atoms. The SMILES string of the molecule is C[C@@H](NC(=O)Cn1cnc2ccc([N+](=O)[O-])cc2c1=O)[C@H]1C[C@@H]2CC[C@@H]1C2. The molecule has 0 spiro atoms. The minimum Gasteiger partial charge on any atom is -0.352 e. The summed E-state index contributed by atoms with van der Waals surface area (Å²) in [4.78, 5) is 39.6. The summed E-state index contributed by atoms with van der Waals surface area (Å²) in [5, 5.41) is 14.1. The zero-order valence-corrected chi connectivity index (χ0v) is 15.1. The standard InChI is InChI=1S/C19H22N4O4/c1-11(15-7-12-2-3-13(15)6-12)21-18(24)9-22-10-20-17-5-4-14(23(26)27)8-16(17)19(22)25/h4-5,8,10-13,15H,2-3,6-7,9H2,1H3,(H,21,24)/t11-,12-,13-,15-/m1/s1. The Bertz CT molecular complexity index is 970. The highest BCUT2D eigenvalue weighted by Gasteiger charge is 2.42. The van der Waals surface area contributed by atoms with E-state index in [4.69, 9.17) is 0 Å². The van der Waals surface area contributed by atoms with Crippen molar-refractivity contribution in [1.82, 2.24) is 14.9 Å². The van der Waals surface area contributed by atoms with Crippen molar-refractivity contribution in [1.29, 1.82) is 0 Å². The van der Waals surface area contributed by atoms with Crippen molar-refractivity contribution in [3.63, 3.8) is 0 Å². The van der Waals surface area contributed by atoms with Gasteiger partial charge in [0.2, 0.25) is 5.91 Å². The van der Waals surface area contributed by atoms with Crippen LogP contribution in [0, 0.1) is 27.9 Å². The molecule has 1 amide bonds. The van der Waals surface area contributed by atoms with Gasteiger partial charge in [-0.05, 0) is 50.0 Å². The second kappa shape index (κ2) is 6.75. The van der Waals surface area contributed by atoms with Crippen LogP contribution in [0.1, 0.15) is 32.6 Å². The lowest BCUT2D eigenvalue weighted by Gasteiger charge is -2.28. The summed E-state index contributed by atoms with van der Waals surface area (Å²) in [6.07, 6.45) is 6.33. The summed E-state index contributed by atoms with van der Waals surface area (Å²) < 4.78 is 1.20. The first kappa shape index (κ1) is 17.6. The number of hydrogen-bond donors (Lipinski definition) is 1. The third kappa shape index (κ3) is 3.31. The van der Waals surface area contributed by atoms with E-state index in [9.17, 15) is 19.7 Å². The van der Waals surface area contributed by atoms with E-state index in [1.54, 1.807) is 0 Å². The average molecular weight is 370 g/mol. The van der Waals surface area contributed by atoms with Gasteiger partial charge in [0, 0.05) is 18.2 Å². The summed E-state index contributed by atoms with van der Waals surface area (Å²) in [6, 6.07) is 4.04. The van der Waals surface area contributed by atoms with E-state index in [1.807, 2.05) is 6.92 Å². The van der Waals surface area contributed by atoms with Gasteiger partial charge in [-0.25, -0.2) is 4.98 Å². The molecule has 4 rings (SSSR count). The molecule has 2 aliphatic carbocycles. The fourth-order valence-corrected chi connectivity index (χ4v) is 4.84. The molecule has 2 fully saturated rings. The van der Waals surface area contributed by atoms with Gasteiger partial charge in [0.05, 0.1) is 22.2 Å². The van der Waals surface area contributed by atoms with Gasteiger partial charge in [0.25, 0.3) is 11.2 Å². The number of rotatable bonds is 5. The lowest BCUT2D eigenvalue weighted by Crippen LogP contribution is -2.42. The lowest BCUT2D eigenvalue weighted by atomic mass is 9.84. The Balaban J connectivity index is 1.49. The second-order valence-corrected chi connectivity index (χ2v) is 7.83. The van der Waals surface area contributed by atoms with Gasteiger partial charge >= 0.3 is 0 Å².